The Balaban J connectivity index is 1.98. The second-order valence-electron chi connectivity index (χ2n) is 4.57. The lowest BCUT2D eigenvalue weighted by Gasteiger charge is -2.06. The average Bonchev–Trinajstić information content (AvgIpc) is 2.93. The van der Waals surface area contributed by atoms with Crippen molar-refractivity contribution in [1.29, 1.82) is 0 Å². The van der Waals surface area contributed by atoms with Gasteiger partial charge in [0.2, 0.25) is 4.77 Å². The van der Waals surface area contributed by atoms with Gasteiger partial charge in [-0.05, 0) is 55.5 Å². The SMILES string of the molecule is COc1ccc(-c2ccc(-c3nc(=S)[nH][nH]3)c(C)n2)cc1. The third-order valence-corrected chi connectivity index (χ3v) is 3.42. The Kier molecular flexibility index (Phi) is 3.53. The molecule has 6 heteroatoms. The Morgan fingerprint density at radius 3 is 2.33 bits per heavy atom. The van der Waals surface area contributed by atoms with Gasteiger partial charge in [-0.2, -0.15) is 4.98 Å². The van der Waals surface area contributed by atoms with E-state index in [1.165, 1.54) is 0 Å². The minimum Gasteiger partial charge on any atom is -0.497 e. The van der Waals surface area contributed by atoms with E-state index in [9.17, 15) is 0 Å². The summed E-state index contributed by atoms with van der Waals surface area (Å²) in [6.45, 7) is 1.95. The van der Waals surface area contributed by atoms with E-state index >= 15 is 0 Å². The number of rotatable bonds is 3. The van der Waals surface area contributed by atoms with E-state index in [1.807, 2.05) is 43.3 Å². The number of pyridine rings is 1. The number of benzene rings is 1. The van der Waals surface area contributed by atoms with Crippen molar-refractivity contribution in [2.45, 2.75) is 6.92 Å². The zero-order chi connectivity index (χ0) is 14.8. The molecule has 0 amide bonds. The molecule has 0 bridgehead atoms. The molecule has 2 N–H and O–H groups in total. The van der Waals surface area contributed by atoms with Crippen molar-refractivity contribution in [3.63, 3.8) is 0 Å². The summed E-state index contributed by atoms with van der Waals surface area (Å²) in [7, 11) is 1.65. The van der Waals surface area contributed by atoms with Gasteiger partial charge in [0.05, 0.1) is 12.8 Å². The molecular formula is C15H14N4OS. The monoisotopic (exact) mass is 298 g/mol. The molecule has 0 spiro atoms. The molecule has 0 aliphatic heterocycles. The fourth-order valence-corrected chi connectivity index (χ4v) is 2.27. The predicted molar refractivity (Wildman–Crippen MR) is 83.7 cm³/mol. The van der Waals surface area contributed by atoms with Crippen molar-refractivity contribution in [1.82, 2.24) is 20.2 Å². The first-order chi connectivity index (χ1) is 10.2. The Labute approximate surface area is 127 Å². The van der Waals surface area contributed by atoms with Crippen molar-refractivity contribution in [2.75, 3.05) is 7.11 Å². The van der Waals surface area contributed by atoms with Crippen LogP contribution in [0.2, 0.25) is 0 Å². The van der Waals surface area contributed by atoms with Gasteiger partial charge >= 0.3 is 0 Å². The number of nitrogens with one attached hydrogen (secondary N) is 2. The van der Waals surface area contributed by atoms with Gasteiger partial charge < -0.3 is 4.74 Å². The molecule has 0 aliphatic carbocycles. The summed E-state index contributed by atoms with van der Waals surface area (Å²) >= 11 is 4.97. The second-order valence-corrected chi connectivity index (χ2v) is 4.96. The number of nitrogens with zero attached hydrogens (tertiary/aromatic N) is 2. The zero-order valence-electron chi connectivity index (χ0n) is 11.7. The number of aromatic amines is 2. The summed E-state index contributed by atoms with van der Waals surface area (Å²) in [5.74, 6) is 1.53. The predicted octanol–water partition coefficient (Wildman–Crippen LogP) is 3.51. The maximum atomic E-state index is 5.16. The van der Waals surface area contributed by atoms with Gasteiger partial charge in [0.1, 0.15) is 5.75 Å². The highest BCUT2D eigenvalue weighted by Crippen LogP contribution is 2.24. The normalized spacial score (nSPS) is 10.6. The molecule has 0 atom stereocenters. The second kappa shape index (κ2) is 5.49. The van der Waals surface area contributed by atoms with Crippen molar-refractivity contribution in [2.24, 2.45) is 0 Å². The van der Waals surface area contributed by atoms with Gasteiger partial charge in [-0.25, -0.2) is 0 Å². The van der Waals surface area contributed by atoms with E-state index < -0.39 is 0 Å². The number of hydrogen-bond acceptors (Lipinski definition) is 4. The topological polar surface area (TPSA) is 66.6 Å². The molecule has 3 rings (SSSR count). The van der Waals surface area contributed by atoms with Gasteiger partial charge in [-0.3, -0.25) is 15.2 Å². The van der Waals surface area contributed by atoms with Crippen LogP contribution in [-0.4, -0.2) is 27.3 Å². The number of ether oxygens (including phenoxy) is 1. The minimum atomic E-state index is 0.434. The molecule has 0 fully saturated rings. The van der Waals surface area contributed by atoms with Crippen molar-refractivity contribution in [3.8, 4) is 28.4 Å². The highest BCUT2D eigenvalue weighted by Gasteiger charge is 2.08. The Hall–Kier alpha value is -2.47. The lowest BCUT2D eigenvalue weighted by atomic mass is 10.1. The molecule has 1 aromatic carbocycles. The molecule has 0 saturated heterocycles. The van der Waals surface area contributed by atoms with Gasteiger partial charge in [0.25, 0.3) is 0 Å². The van der Waals surface area contributed by atoms with Crippen LogP contribution in [0.4, 0.5) is 0 Å². The van der Waals surface area contributed by atoms with Crippen LogP contribution in [0.25, 0.3) is 22.6 Å². The van der Waals surface area contributed by atoms with Crippen LogP contribution in [0.3, 0.4) is 0 Å². The summed E-state index contributed by atoms with van der Waals surface area (Å²) < 4.78 is 5.60. The van der Waals surface area contributed by atoms with E-state index in [1.54, 1.807) is 7.11 Å². The lowest BCUT2D eigenvalue weighted by molar-refractivity contribution is 0.415. The van der Waals surface area contributed by atoms with Crippen LogP contribution in [0.5, 0.6) is 5.75 Å². The first-order valence-electron chi connectivity index (χ1n) is 6.44. The van der Waals surface area contributed by atoms with Crippen LogP contribution in [-0.2, 0) is 0 Å². The van der Waals surface area contributed by atoms with Gasteiger partial charge in [0, 0.05) is 16.8 Å². The Morgan fingerprint density at radius 1 is 1.00 bits per heavy atom. The van der Waals surface area contributed by atoms with Crippen LogP contribution in [0, 0.1) is 11.7 Å². The number of hydrogen-bond donors (Lipinski definition) is 2. The molecule has 5 nitrogen and oxygen atoms in total. The van der Waals surface area contributed by atoms with Crippen molar-refractivity contribution >= 4 is 12.2 Å². The van der Waals surface area contributed by atoms with E-state index in [-0.39, 0.29) is 0 Å². The van der Waals surface area contributed by atoms with Gasteiger partial charge in [0.15, 0.2) is 5.82 Å². The standard InChI is InChI=1S/C15H14N4OS/c1-9-12(14-17-15(21)19-18-14)7-8-13(16-9)10-3-5-11(20-2)6-4-10/h3-8H,1-2H3,(H2,17,18,19,21). The number of methoxy groups -OCH3 is 1. The highest BCUT2D eigenvalue weighted by atomic mass is 32.1. The van der Waals surface area contributed by atoms with E-state index in [0.29, 0.717) is 10.6 Å². The Morgan fingerprint density at radius 2 is 1.76 bits per heavy atom. The summed E-state index contributed by atoms with van der Waals surface area (Å²) in [4.78, 5) is 8.85. The van der Waals surface area contributed by atoms with Crippen molar-refractivity contribution in [3.05, 3.63) is 46.9 Å². The molecule has 2 aromatic heterocycles. The van der Waals surface area contributed by atoms with Crippen LogP contribution < -0.4 is 4.74 Å². The zero-order valence-corrected chi connectivity index (χ0v) is 12.5. The van der Waals surface area contributed by atoms with Crippen LogP contribution in [0.15, 0.2) is 36.4 Å². The molecule has 0 saturated carbocycles. The smallest absolute Gasteiger partial charge is 0.213 e. The number of aryl methyl sites for hydroxylation is 1. The largest absolute Gasteiger partial charge is 0.497 e. The molecular weight excluding hydrogens is 284 g/mol. The molecule has 106 valence electrons. The summed E-state index contributed by atoms with van der Waals surface area (Å²) in [5.41, 5.74) is 3.77. The quantitative estimate of drug-likeness (QED) is 0.726. The van der Waals surface area contributed by atoms with Crippen molar-refractivity contribution < 1.29 is 4.74 Å². The Bertz CT molecular complexity index is 820. The molecule has 3 aromatic rings. The average molecular weight is 298 g/mol. The third-order valence-electron chi connectivity index (χ3n) is 3.23. The number of H-pyrrole nitrogens is 2. The first kappa shape index (κ1) is 13.5. The van der Waals surface area contributed by atoms with Gasteiger partial charge in [-0.15, -0.1) is 0 Å². The molecule has 0 aliphatic rings. The molecule has 0 radical (unpaired) electrons. The maximum absolute atomic E-state index is 5.16. The van der Waals surface area contributed by atoms with E-state index in [2.05, 4.69) is 20.2 Å². The minimum absolute atomic E-state index is 0.434. The van der Waals surface area contributed by atoms with Crippen LogP contribution >= 0.6 is 12.2 Å². The first-order valence-corrected chi connectivity index (χ1v) is 6.85. The number of aromatic nitrogens is 4. The fraction of sp³-hybridized carbons (Fsp3) is 0.133. The summed E-state index contributed by atoms with van der Waals surface area (Å²) in [5, 5.41) is 5.73. The van der Waals surface area contributed by atoms with E-state index in [0.717, 1.165) is 28.3 Å². The maximum Gasteiger partial charge on any atom is 0.213 e. The fourth-order valence-electron chi connectivity index (χ4n) is 2.13. The highest BCUT2D eigenvalue weighted by molar-refractivity contribution is 7.71. The molecule has 0 unspecified atom stereocenters. The molecule has 21 heavy (non-hydrogen) atoms. The van der Waals surface area contributed by atoms with E-state index in [4.69, 9.17) is 17.0 Å². The van der Waals surface area contributed by atoms with Gasteiger partial charge in [-0.1, -0.05) is 0 Å². The molecule has 2 heterocycles. The third kappa shape index (κ3) is 2.71. The summed E-state index contributed by atoms with van der Waals surface area (Å²) in [6.07, 6.45) is 0. The van der Waals surface area contributed by atoms with Crippen LogP contribution in [0.1, 0.15) is 5.69 Å². The summed E-state index contributed by atoms with van der Waals surface area (Å²) in [6, 6.07) is 11.8. The lowest BCUT2D eigenvalue weighted by Crippen LogP contribution is -1.92.